The Hall–Kier alpha value is -3.50. The normalized spacial score (nSPS) is 14.4. The van der Waals surface area contributed by atoms with E-state index in [1.807, 2.05) is 0 Å². The molecule has 1 aliphatic rings. The zero-order valence-corrected chi connectivity index (χ0v) is 20.1. The van der Waals surface area contributed by atoms with Crippen LogP contribution < -0.4 is 14.8 Å². The van der Waals surface area contributed by atoms with Crippen molar-refractivity contribution in [2.75, 3.05) is 32.7 Å². The average Bonchev–Trinajstić information content (AvgIpc) is 3.07. The van der Waals surface area contributed by atoms with Crippen molar-refractivity contribution in [3.8, 4) is 11.5 Å². The Morgan fingerprint density at radius 3 is 2.59 bits per heavy atom. The summed E-state index contributed by atoms with van der Waals surface area (Å²) in [5, 5.41) is 2.14. The minimum atomic E-state index is -0.632. The van der Waals surface area contributed by atoms with Crippen LogP contribution in [0.1, 0.15) is 22.8 Å². The van der Waals surface area contributed by atoms with Crippen molar-refractivity contribution in [3.63, 3.8) is 0 Å². The third-order valence-corrected chi connectivity index (χ3v) is 5.88. The number of ether oxygens (including phenoxy) is 3. The lowest BCUT2D eigenvalue weighted by molar-refractivity contribution is -0.127. The maximum absolute atomic E-state index is 12.8. The quantitative estimate of drug-likeness (QED) is 0.420. The number of imide groups is 1. The van der Waals surface area contributed by atoms with Gasteiger partial charge in [-0.3, -0.25) is 19.3 Å². The standard InChI is InChI=1S/C23H21ClN2O7S/c1-4-33-22(29)15-11-14(8-9-16(15)24)25-19(27)12-26-21(28)18(34-23(26)30)10-13-6-5-7-17(31-2)20(13)32-3/h5-11H,4,12H2,1-3H3,(H,25,27)/b18-10+. The highest BCUT2D eigenvalue weighted by molar-refractivity contribution is 8.18. The molecule has 1 aliphatic heterocycles. The van der Waals surface area contributed by atoms with E-state index >= 15 is 0 Å². The maximum Gasteiger partial charge on any atom is 0.339 e. The average molecular weight is 505 g/mol. The number of nitrogens with one attached hydrogen (secondary N) is 1. The number of para-hydroxylation sites is 1. The Balaban J connectivity index is 1.74. The summed E-state index contributed by atoms with van der Waals surface area (Å²) in [6.07, 6.45) is 1.51. The minimum Gasteiger partial charge on any atom is -0.493 e. The molecule has 0 aromatic heterocycles. The molecule has 178 valence electrons. The second-order valence-corrected chi connectivity index (χ2v) is 8.21. The number of esters is 1. The Morgan fingerprint density at radius 1 is 1.15 bits per heavy atom. The highest BCUT2D eigenvalue weighted by Gasteiger charge is 2.36. The Labute approximate surface area is 205 Å². The van der Waals surface area contributed by atoms with Crippen LogP contribution in [0.4, 0.5) is 10.5 Å². The van der Waals surface area contributed by atoms with E-state index in [9.17, 15) is 19.2 Å². The molecular formula is C23H21ClN2O7S. The van der Waals surface area contributed by atoms with Gasteiger partial charge in [0.25, 0.3) is 11.1 Å². The summed E-state index contributed by atoms with van der Waals surface area (Å²) in [7, 11) is 2.96. The number of nitrogens with zero attached hydrogens (tertiary/aromatic N) is 1. The highest BCUT2D eigenvalue weighted by Crippen LogP contribution is 2.37. The summed E-state index contributed by atoms with van der Waals surface area (Å²) < 4.78 is 15.5. The van der Waals surface area contributed by atoms with E-state index in [4.69, 9.17) is 25.8 Å². The molecule has 1 N–H and O–H groups in total. The van der Waals surface area contributed by atoms with Crippen LogP contribution in [0.2, 0.25) is 5.02 Å². The summed E-state index contributed by atoms with van der Waals surface area (Å²) in [5.74, 6) is -0.986. The molecule has 2 aromatic carbocycles. The second-order valence-electron chi connectivity index (χ2n) is 6.81. The molecule has 3 rings (SSSR count). The molecule has 0 atom stereocenters. The first-order chi connectivity index (χ1) is 16.3. The van der Waals surface area contributed by atoms with Gasteiger partial charge in [-0.15, -0.1) is 0 Å². The Kier molecular flexibility index (Phi) is 8.19. The van der Waals surface area contributed by atoms with Gasteiger partial charge in [-0.25, -0.2) is 4.79 Å². The molecule has 1 saturated heterocycles. The SMILES string of the molecule is CCOC(=O)c1cc(NC(=O)CN2C(=O)S/C(=C/c3cccc(OC)c3OC)C2=O)ccc1Cl. The highest BCUT2D eigenvalue weighted by atomic mass is 35.5. The van der Waals surface area contributed by atoms with E-state index < -0.39 is 29.6 Å². The van der Waals surface area contributed by atoms with E-state index in [1.54, 1.807) is 25.1 Å². The number of rotatable bonds is 8. The second kappa shape index (κ2) is 11.1. The molecule has 9 nitrogen and oxygen atoms in total. The number of anilines is 1. The van der Waals surface area contributed by atoms with Crippen LogP contribution >= 0.6 is 23.4 Å². The van der Waals surface area contributed by atoms with Crippen molar-refractivity contribution in [2.45, 2.75) is 6.92 Å². The van der Waals surface area contributed by atoms with Gasteiger partial charge in [0.1, 0.15) is 6.54 Å². The van der Waals surface area contributed by atoms with Crippen molar-refractivity contribution < 1.29 is 33.4 Å². The number of carbonyl (C=O) groups is 4. The smallest absolute Gasteiger partial charge is 0.339 e. The molecular weight excluding hydrogens is 484 g/mol. The van der Waals surface area contributed by atoms with Crippen LogP contribution in [0.3, 0.4) is 0 Å². The minimum absolute atomic E-state index is 0.0858. The molecule has 1 fully saturated rings. The van der Waals surface area contributed by atoms with Crippen LogP contribution in [0.5, 0.6) is 11.5 Å². The largest absolute Gasteiger partial charge is 0.493 e. The predicted molar refractivity (Wildman–Crippen MR) is 128 cm³/mol. The van der Waals surface area contributed by atoms with Gasteiger partial charge in [0.15, 0.2) is 11.5 Å². The fourth-order valence-electron chi connectivity index (χ4n) is 3.12. The Bertz CT molecular complexity index is 1180. The third kappa shape index (κ3) is 5.52. The van der Waals surface area contributed by atoms with Gasteiger partial charge in [-0.2, -0.15) is 0 Å². The van der Waals surface area contributed by atoms with E-state index in [2.05, 4.69) is 5.32 Å². The van der Waals surface area contributed by atoms with E-state index in [0.29, 0.717) is 28.8 Å². The van der Waals surface area contributed by atoms with Gasteiger partial charge in [0.2, 0.25) is 5.91 Å². The van der Waals surface area contributed by atoms with Gasteiger partial charge in [0.05, 0.1) is 36.3 Å². The molecule has 0 unspecified atom stereocenters. The lowest BCUT2D eigenvalue weighted by Crippen LogP contribution is -2.36. The van der Waals surface area contributed by atoms with Crippen LogP contribution in [0.25, 0.3) is 6.08 Å². The first kappa shape index (κ1) is 25.1. The number of hydrogen-bond acceptors (Lipinski definition) is 8. The van der Waals surface area contributed by atoms with Crippen molar-refractivity contribution in [2.24, 2.45) is 0 Å². The lowest BCUT2D eigenvalue weighted by atomic mass is 10.1. The first-order valence-electron chi connectivity index (χ1n) is 10.0. The Morgan fingerprint density at radius 2 is 1.91 bits per heavy atom. The number of amides is 3. The van der Waals surface area contributed by atoms with Crippen molar-refractivity contribution in [1.29, 1.82) is 0 Å². The van der Waals surface area contributed by atoms with Crippen LogP contribution in [0.15, 0.2) is 41.3 Å². The summed E-state index contributed by atoms with van der Waals surface area (Å²) in [4.78, 5) is 50.7. The summed E-state index contributed by atoms with van der Waals surface area (Å²) in [6.45, 7) is 1.32. The summed E-state index contributed by atoms with van der Waals surface area (Å²) in [6, 6.07) is 9.43. The molecule has 0 bridgehead atoms. The molecule has 0 saturated carbocycles. The van der Waals surface area contributed by atoms with Crippen molar-refractivity contribution in [3.05, 3.63) is 57.5 Å². The monoisotopic (exact) mass is 504 g/mol. The van der Waals surface area contributed by atoms with Crippen LogP contribution in [-0.4, -0.2) is 55.3 Å². The fraction of sp³-hybridized carbons (Fsp3) is 0.217. The summed E-state index contributed by atoms with van der Waals surface area (Å²) in [5.41, 5.74) is 0.896. The zero-order chi connectivity index (χ0) is 24.8. The van der Waals surface area contributed by atoms with Crippen molar-refractivity contribution in [1.82, 2.24) is 4.90 Å². The predicted octanol–water partition coefficient (Wildman–Crippen LogP) is 4.21. The fourth-order valence-corrected chi connectivity index (χ4v) is 4.14. The molecule has 0 radical (unpaired) electrons. The molecule has 11 heteroatoms. The van der Waals surface area contributed by atoms with Crippen molar-refractivity contribution >= 4 is 58.1 Å². The number of halogens is 1. The van der Waals surface area contributed by atoms with Crippen LogP contribution in [-0.2, 0) is 14.3 Å². The topological polar surface area (TPSA) is 111 Å². The van der Waals surface area contributed by atoms with Gasteiger partial charge >= 0.3 is 5.97 Å². The number of thioether (sulfide) groups is 1. The van der Waals surface area contributed by atoms with Gasteiger partial charge in [-0.1, -0.05) is 23.7 Å². The van der Waals surface area contributed by atoms with Crippen LogP contribution in [0, 0.1) is 0 Å². The van der Waals surface area contributed by atoms with Gasteiger partial charge in [-0.05, 0) is 49.0 Å². The molecule has 34 heavy (non-hydrogen) atoms. The molecule has 1 heterocycles. The maximum atomic E-state index is 12.8. The third-order valence-electron chi connectivity index (χ3n) is 4.64. The molecule has 2 aromatic rings. The van der Waals surface area contributed by atoms with E-state index in [-0.39, 0.29) is 27.8 Å². The lowest BCUT2D eigenvalue weighted by Gasteiger charge is -2.13. The van der Waals surface area contributed by atoms with Gasteiger partial charge < -0.3 is 19.5 Å². The zero-order valence-electron chi connectivity index (χ0n) is 18.5. The number of carbonyl (C=O) groups excluding carboxylic acids is 4. The molecule has 0 aliphatic carbocycles. The number of methoxy groups -OCH3 is 2. The molecule has 0 spiro atoms. The first-order valence-corrected chi connectivity index (χ1v) is 11.2. The molecule has 3 amide bonds. The number of hydrogen-bond donors (Lipinski definition) is 1. The van der Waals surface area contributed by atoms with Gasteiger partial charge in [0, 0.05) is 11.3 Å². The summed E-state index contributed by atoms with van der Waals surface area (Å²) >= 11 is 6.74. The number of benzene rings is 2. The van der Waals surface area contributed by atoms with E-state index in [1.165, 1.54) is 38.5 Å². The van der Waals surface area contributed by atoms with E-state index in [0.717, 1.165) is 4.90 Å².